The molecule has 0 spiro atoms. The van der Waals surface area contributed by atoms with E-state index < -0.39 is 6.29 Å². The first-order valence-corrected chi connectivity index (χ1v) is 8.90. The van der Waals surface area contributed by atoms with Crippen LogP contribution in [0.4, 0.5) is 5.95 Å². The summed E-state index contributed by atoms with van der Waals surface area (Å²) in [5, 5.41) is 10.2. The molecule has 0 bridgehead atoms. The van der Waals surface area contributed by atoms with Crippen LogP contribution in [0.25, 0.3) is 0 Å². The normalized spacial score (nSPS) is 12.9. The first kappa shape index (κ1) is 21.5. The van der Waals surface area contributed by atoms with Gasteiger partial charge in [0, 0.05) is 6.61 Å². The molecular weight excluding hydrogens is 324 g/mol. The van der Waals surface area contributed by atoms with E-state index in [1.54, 1.807) is 0 Å². The molecule has 1 aromatic heterocycles. The van der Waals surface area contributed by atoms with Gasteiger partial charge < -0.3 is 19.3 Å². The van der Waals surface area contributed by atoms with Crippen molar-refractivity contribution in [1.29, 1.82) is 0 Å². The third kappa shape index (κ3) is 7.94. The van der Waals surface area contributed by atoms with E-state index >= 15 is 0 Å². The molecule has 0 aromatic carbocycles. The number of ether oxygens (including phenoxy) is 3. The van der Waals surface area contributed by atoms with Gasteiger partial charge >= 0.3 is 18.0 Å². The quantitative estimate of drug-likeness (QED) is 0.329. The maximum atomic E-state index is 10.2. The molecule has 25 heavy (non-hydrogen) atoms. The second-order valence-corrected chi connectivity index (χ2v) is 6.57. The number of aliphatic hydroxyl groups excluding tert-OH is 1. The molecule has 1 aromatic rings. The second-order valence-electron chi connectivity index (χ2n) is 6.57. The van der Waals surface area contributed by atoms with Crippen molar-refractivity contribution in [3.63, 3.8) is 0 Å². The molecular formula is C17H33N4O4+. The maximum absolute atomic E-state index is 10.2. The van der Waals surface area contributed by atoms with E-state index in [0.717, 1.165) is 12.8 Å². The number of methoxy groups -OCH3 is 2. The van der Waals surface area contributed by atoms with Crippen molar-refractivity contribution in [2.24, 2.45) is 0 Å². The first-order chi connectivity index (χ1) is 11.9. The highest BCUT2D eigenvalue weighted by molar-refractivity contribution is 5.26. The number of quaternary nitrogens is 1. The largest absolute Gasteiger partial charge is 0.466 e. The molecule has 1 atom stereocenters. The van der Waals surface area contributed by atoms with Crippen LogP contribution < -0.4 is 14.0 Å². The summed E-state index contributed by atoms with van der Waals surface area (Å²) in [4.78, 5) is 12.5. The number of aliphatic hydroxyl groups is 1. The van der Waals surface area contributed by atoms with Crippen LogP contribution in [0.1, 0.15) is 45.4 Å². The van der Waals surface area contributed by atoms with Crippen molar-refractivity contribution >= 4 is 5.95 Å². The van der Waals surface area contributed by atoms with E-state index in [1.165, 1.54) is 39.9 Å². The van der Waals surface area contributed by atoms with Gasteiger partial charge in [-0.3, -0.25) is 4.48 Å². The second kappa shape index (κ2) is 11.2. The molecule has 144 valence electrons. The van der Waals surface area contributed by atoms with Gasteiger partial charge in [0.2, 0.25) is 6.29 Å². The molecule has 0 saturated heterocycles. The summed E-state index contributed by atoms with van der Waals surface area (Å²) < 4.78 is 15.9. The number of rotatable bonds is 13. The van der Waals surface area contributed by atoms with Gasteiger partial charge in [-0.2, -0.15) is 0 Å². The average Bonchev–Trinajstić information content (AvgIpc) is 2.60. The molecule has 1 unspecified atom stereocenters. The summed E-state index contributed by atoms with van der Waals surface area (Å²) >= 11 is 0. The van der Waals surface area contributed by atoms with Crippen LogP contribution in [-0.2, 0) is 4.74 Å². The fourth-order valence-electron chi connectivity index (χ4n) is 2.41. The molecule has 8 nitrogen and oxygen atoms in total. The predicted octanol–water partition coefficient (Wildman–Crippen LogP) is 2.15. The lowest BCUT2D eigenvalue weighted by Crippen LogP contribution is -2.48. The Balaban J connectivity index is 2.48. The highest BCUT2D eigenvalue weighted by Crippen LogP contribution is 2.19. The molecule has 0 aliphatic rings. The van der Waals surface area contributed by atoms with Crippen LogP contribution >= 0.6 is 0 Å². The SMILES string of the molecule is CCCCCCCCOC(O)C[N+](C)(C)c1nc(OC)nc(OC)n1. The molecule has 0 aliphatic heterocycles. The fourth-order valence-corrected chi connectivity index (χ4v) is 2.41. The van der Waals surface area contributed by atoms with Crippen molar-refractivity contribution in [3.8, 4) is 12.0 Å². The number of aromatic nitrogens is 3. The minimum atomic E-state index is -0.889. The van der Waals surface area contributed by atoms with E-state index in [0.29, 0.717) is 19.1 Å². The zero-order chi connectivity index (χ0) is 18.7. The Hall–Kier alpha value is -1.51. The Labute approximate surface area is 150 Å². The van der Waals surface area contributed by atoms with Gasteiger partial charge in [-0.25, -0.2) is 0 Å². The van der Waals surface area contributed by atoms with Crippen LogP contribution in [0.3, 0.4) is 0 Å². The Kier molecular flexibility index (Phi) is 9.62. The monoisotopic (exact) mass is 357 g/mol. The maximum Gasteiger partial charge on any atom is 0.338 e. The zero-order valence-corrected chi connectivity index (χ0v) is 16.2. The van der Waals surface area contributed by atoms with Gasteiger partial charge in [0.05, 0.1) is 28.3 Å². The van der Waals surface area contributed by atoms with Crippen molar-refractivity contribution < 1.29 is 19.3 Å². The molecule has 0 radical (unpaired) electrons. The van der Waals surface area contributed by atoms with Crippen molar-refractivity contribution in [3.05, 3.63) is 0 Å². The van der Waals surface area contributed by atoms with Crippen LogP contribution in [0.15, 0.2) is 0 Å². The lowest BCUT2D eigenvalue weighted by molar-refractivity contribution is -0.109. The van der Waals surface area contributed by atoms with Gasteiger partial charge in [0.15, 0.2) is 0 Å². The molecule has 1 N–H and O–H groups in total. The summed E-state index contributed by atoms with van der Waals surface area (Å²) in [6.07, 6.45) is 6.22. The number of hydrogen-bond donors (Lipinski definition) is 1. The summed E-state index contributed by atoms with van der Waals surface area (Å²) in [7, 11) is 6.73. The number of hydrogen-bond acceptors (Lipinski definition) is 7. The van der Waals surface area contributed by atoms with Crippen LogP contribution in [-0.4, -0.2) is 67.8 Å². The Bertz CT molecular complexity index is 477. The standard InChI is InChI=1S/C17H33N4O4/c1-6-7-8-9-10-11-12-25-14(22)13-21(2,3)15-18-16(23-4)20-17(19-15)24-5/h14,22H,6-13H2,1-5H3/q+1. The molecule has 0 saturated carbocycles. The fraction of sp³-hybridized carbons (Fsp3) is 0.824. The van der Waals surface area contributed by atoms with Gasteiger partial charge in [-0.05, 0) is 6.42 Å². The summed E-state index contributed by atoms with van der Waals surface area (Å²) in [6.45, 7) is 3.07. The van der Waals surface area contributed by atoms with Crippen molar-refractivity contribution in [2.45, 2.75) is 51.7 Å². The van der Waals surface area contributed by atoms with Crippen molar-refractivity contribution in [2.75, 3.05) is 41.5 Å². The van der Waals surface area contributed by atoms with Gasteiger partial charge in [-0.1, -0.05) is 39.0 Å². The molecule has 0 aliphatic carbocycles. The number of likely N-dealkylation sites (N-methyl/N-ethyl adjacent to an activating group) is 1. The van der Waals surface area contributed by atoms with Gasteiger partial charge in [0.1, 0.15) is 6.54 Å². The highest BCUT2D eigenvalue weighted by atomic mass is 16.6. The smallest absolute Gasteiger partial charge is 0.338 e. The lowest BCUT2D eigenvalue weighted by atomic mass is 10.1. The predicted molar refractivity (Wildman–Crippen MR) is 96.8 cm³/mol. The van der Waals surface area contributed by atoms with E-state index in [1.807, 2.05) is 14.1 Å². The average molecular weight is 357 g/mol. The summed E-state index contributed by atoms with van der Waals surface area (Å²) in [5.41, 5.74) is 0. The molecule has 0 fully saturated rings. The third-order valence-electron chi connectivity index (χ3n) is 3.91. The first-order valence-electron chi connectivity index (χ1n) is 8.90. The summed E-state index contributed by atoms with van der Waals surface area (Å²) in [6, 6.07) is 0.353. The van der Waals surface area contributed by atoms with Crippen molar-refractivity contribution in [1.82, 2.24) is 19.4 Å². The molecule has 1 heterocycles. The molecule has 1 rings (SSSR count). The lowest BCUT2D eigenvalue weighted by Gasteiger charge is -2.28. The van der Waals surface area contributed by atoms with Gasteiger partial charge in [-0.15, -0.1) is 15.0 Å². The third-order valence-corrected chi connectivity index (χ3v) is 3.91. The highest BCUT2D eigenvalue weighted by Gasteiger charge is 2.29. The topological polar surface area (TPSA) is 86.6 Å². The molecule has 0 amide bonds. The Morgan fingerprint density at radius 2 is 1.48 bits per heavy atom. The van der Waals surface area contributed by atoms with E-state index in [2.05, 4.69) is 21.9 Å². The van der Waals surface area contributed by atoms with E-state index in [-0.39, 0.29) is 16.5 Å². The zero-order valence-electron chi connectivity index (χ0n) is 16.2. The van der Waals surface area contributed by atoms with E-state index in [4.69, 9.17) is 14.2 Å². The van der Waals surface area contributed by atoms with Gasteiger partial charge in [0.25, 0.3) is 0 Å². The number of unbranched alkanes of at least 4 members (excludes halogenated alkanes) is 5. The minimum Gasteiger partial charge on any atom is -0.466 e. The van der Waals surface area contributed by atoms with Crippen LogP contribution in [0.5, 0.6) is 12.0 Å². The van der Waals surface area contributed by atoms with Crippen LogP contribution in [0, 0.1) is 0 Å². The van der Waals surface area contributed by atoms with E-state index in [9.17, 15) is 5.11 Å². The summed E-state index contributed by atoms with van der Waals surface area (Å²) in [5.74, 6) is 0.436. The van der Waals surface area contributed by atoms with Crippen LogP contribution in [0.2, 0.25) is 0 Å². The Morgan fingerprint density at radius 3 is 2.04 bits per heavy atom. The molecule has 8 heteroatoms. The Morgan fingerprint density at radius 1 is 0.920 bits per heavy atom. The minimum absolute atomic E-state index is 0.176. The number of nitrogens with zero attached hydrogens (tertiary/aromatic N) is 4.